The third-order valence-corrected chi connectivity index (χ3v) is 12.0. The number of nitrogens with one attached hydrogen (secondary N) is 1. The lowest BCUT2D eigenvalue weighted by Crippen LogP contribution is -2.49. The quantitative estimate of drug-likeness (QED) is 0.155. The SMILES string of the molecule is COC[C@H]1CC[C@@H](COC)N1[C@H]1C[C@@H](CO[C@H]2CC[C@H](C(=O)O)CC2)N(C(=O)Cc2cc(CI)c(NC(=O)c3cn(C)c4ccccc34)cc2F)C1. The lowest BCUT2D eigenvalue weighted by Gasteiger charge is -2.35. The van der Waals surface area contributed by atoms with E-state index in [0.29, 0.717) is 74.1 Å². The number of anilines is 1. The number of hydrogen-bond donors (Lipinski definition) is 2. The van der Waals surface area contributed by atoms with Crippen LogP contribution in [-0.2, 0) is 41.7 Å². The molecule has 6 rings (SSSR count). The van der Waals surface area contributed by atoms with Crippen LogP contribution in [0.15, 0.2) is 42.6 Å². The van der Waals surface area contributed by atoms with Crippen LogP contribution in [-0.4, -0.2) is 108 Å². The highest BCUT2D eigenvalue weighted by molar-refractivity contribution is 14.1. The molecule has 0 radical (unpaired) electrons. The molecule has 2 N–H and O–H groups in total. The summed E-state index contributed by atoms with van der Waals surface area (Å²) in [4.78, 5) is 43.4. The van der Waals surface area contributed by atoms with Crippen molar-refractivity contribution in [1.29, 1.82) is 0 Å². The Labute approximate surface area is 318 Å². The number of benzene rings is 2. The van der Waals surface area contributed by atoms with Crippen LogP contribution in [0.3, 0.4) is 0 Å². The van der Waals surface area contributed by atoms with Gasteiger partial charge in [-0.2, -0.15) is 0 Å². The van der Waals surface area contributed by atoms with E-state index < -0.39 is 11.8 Å². The van der Waals surface area contributed by atoms with E-state index in [1.165, 1.54) is 6.07 Å². The molecule has 3 heterocycles. The predicted octanol–water partition coefficient (Wildman–Crippen LogP) is 5.80. The number of para-hydroxylation sites is 1. The summed E-state index contributed by atoms with van der Waals surface area (Å²) in [7, 11) is 5.30. The number of aromatic nitrogens is 1. The summed E-state index contributed by atoms with van der Waals surface area (Å²) in [5.41, 5.74) is 2.83. The molecule has 0 bridgehead atoms. The number of carbonyl (C=O) groups excluding carboxylic acids is 2. The van der Waals surface area contributed by atoms with Crippen LogP contribution in [0.4, 0.5) is 10.1 Å². The first-order chi connectivity index (χ1) is 25.1. The molecule has 1 aliphatic carbocycles. The standard InChI is InChI=1S/C39H50FIN4O7/c1-43-20-33(32-6-4-5-7-36(32)43)38(47)42-35-17-34(40)25(14-26(35)18-41)15-37(46)44-19-29(45-27(21-50-2)10-11-28(45)22-51-3)16-30(44)23-52-31-12-8-24(9-13-31)39(48)49/h4-7,14,17,20,24,27-31H,8-13,15-16,18-19,21-23H2,1-3H3,(H,42,47)(H,48,49)/t24-,27-,28+,29-,30-,31-/m0/s1. The number of fused-ring (bicyclic) bond motifs is 1. The number of rotatable bonds is 14. The molecule has 2 saturated heterocycles. The molecule has 1 saturated carbocycles. The number of carboxylic acids is 1. The van der Waals surface area contributed by atoms with Gasteiger partial charge in [0, 0.05) is 73.2 Å². The minimum atomic E-state index is -0.756. The zero-order chi connectivity index (χ0) is 36.9. The average Bonchev–Trinajstić information content (AvgIpc) is 3.84. The Balaban J connectivity index is 1.19. The van der Waals surface area contributed by atoms with E-state index in [1.807, 2.05) is 40.8 Å². The Morgan fingerprint density at radius 1 is 0.942 bits per heavy atom. The fourth-order valence-corrected chi connectivity index (χ4v) is 9.24. The minimum Gasteiger partial charge on any atom is -0.481 e. The third-order valence-electron chi connectivity index (χ3n) is 11.2. The van der Waals surface area contributed by atoms with E-state index in [9.17, 15) is 19.5 Å². The van der Waals surface area contributed by atoms with E-state index in [4.69, 9.17) is 14.2 Å². The molecule has 282 valence electrons. The van der Waals surface area contributed by atoms with Crippen molar-refractivity contribution < 1.29 is 38.1 Å². The number of carbonyl (C=O) groups is 3. The summed E-state index contributed by atoms with van der Waals surface area (Å²) in [6.07, 6.45) is 6.77. The first-order valence-corrected chi connectivity index (χ1v) is 19.8. The Morgan fingerprint density at radius 2 is 1.63 bits per heavy atom. The minimum absolute atomic E-state index is 0.0545. The number of methoxy groups -OCH3 is 2. The molecule has 3 aliphatic rings. The van der Waals surface area contributed by atoms with Gasteiger partial charge in [-0.3, -0.25) is 19.3 Å². The van der Waals surface area contributed by atoms with Crippen molar-refractivity contribution in [3.05, 3.63) is 65.1 Å². The number of alkyl halides is 1. The van der Waals surface area contributed by atoms with Crippen LogP contribution in [0.1, 0.15) is 66.4 Å². The van der Waals surface area contributed by atoms with Crippen LogP contribution < -0.4 is 5.32 Å². The molecule has 52 heavy (non-hydrogen) atoms. The van der Waals surface area contributed by atoms with Crippen molar-refractivity contribution in [2.24, 2.45) is 13.0 Å². The van der Waals surface area contributed by atoms with Crippen molar-refractivity contribution in [1.82, 2.24) is 14.4 Å². The fraction of sp³-hybridized carbons (Fsp3) is 0.564. The van der Waals surface area contributed by atoms with E-state index in [0.717, 1.165) is 29.3 Å². The summed E-state index contributed by atoms with van der Waals surface area (Å²) in [5.74, 6) is -2.14. The molecular formula is C39H50FIN4O7. The van der Waals surface area contributed by atoms with Crippen LogP contribution in [0.25, 0.3) is 10.9 Å². The number of ether oxygens (including phenoxy) is 3. The number of hydrogen-bond acceptors (Lipinski definition) is 7. The number of aryl methyl sites for hydroxylation is 1. The first kappa shape index (κ1) is 38.6. The lowest BCUT2D eigenvalue weighted by atomic mass is 9.87. The lowest BCUT2D eigenvalue weighted by molar-refractivity contribution is -0.144. The van der Waals surface area contributed by atoms with Gasteiger partial charge in [0.1, 0.15) is 5.82 Å². The monoisotopic (exact) mass is 832 g/mol. The van der Waals surface area contributed by atoms with Gasteiger partial charge in [0.25, 0.3) is 5.91 Å². The summed E-state index contributed by atoms with van der Waals surface area (Å²) < 4.78 is 35.8. The van der Waals surface area contributed by atoms with Gasteiger partial charge in [-0.05, 0) is 74.3 Å². The molecule has 3 aromatic rings. The van der Waals surface area contributed by atoms with Crippen molar-refractivity contribution in [2.45, 2.75) is 86.1 Å². The normalized spacial score (nSPS) is 25.2. The van der Waals surface area contributed by atoms with Crippen LogP contribution in [0.2, 0.25) is 0 Å². The van der Waals surface area contributed by atoms with Crippen LogP contribution in [0, 0.1) is 11.7 Å². The summed E-state index contributed by atoms with van der Waals surface area (Å²) in [6.45, 7) is 2.00. The molecule has 1 aromatic heterocycles. The molecule has 0 spiro atoms. The molecule has 13 heteroatoms. The summed E-state index contributed by atoms with van der Waals surface area (Å²) >= 11 is 2.19. The summed E-state index contributed by atoms with van der Waals surface area (Å²) in [6, 6.07) is 10.9. The number of amides is 2. The van der Waals surface area contributed by atoms with Crippen LogP contribution in [0.5, 0.6) is 0 Å². The molecule has 2 amide bonds. The van der Waals surface area contributed by atoms with E-state index in [2.05, 4.69) is 32.8 Å². The molecule has 2 aromatic carbocycles. The smallest absolute Gasteiger partial charge is 0.306 e. The Hall–Kier alpha value is -3.11. The van der Waals surface area contributed by atoms with Gasteiger partial charge in [0.05, 0.1) is 49.9 Å². The van der Waals surface area contributed by atoms with Gasteiger partial charge in [0.2, 0.25) is 5.91 Å². The second-order valence-electron chi connectivity index (χ2n) is 14.5. The summed E-state index contributed by atoms with van der Waals surface area (Å²) in [5, 5.41) is 13.2. The molecule has 2 aliphatic heterocycles. The number of aliphatic carboxylic acids is 1. The van der Waals surface area contributed by atoms with Gasteiger partial charge in [-0.1, -0.05) is 40.8 Å². The highest BCUT2D eigenvalue weighted by Crippen LogP contribution is 2.35. The van der Waals surface area contributed by atoms with Gasteiger partial charge >= 0.3 is 5.97 Å². The maximum atomic E-state index is 15.9. The Morgan fingerprint density at radius 3 is 2.29 bits per heavy atom. The Kier molecular flexibility index (Phi) is 12.9. The largest absolute Gasteiger partial charge is 0.481 e. The highest BCUT2D eigenvalue weighted by Gasteiger charge is 2.45. The number of likely N-dealkylation sites (tertiary alicyclic amines) is 2. The number of carboxylic acid groups (broad SMARTS) is 1. The number of nitrogens with zero attached hydrogens (tertiary/aromatic N) is 3. The van der Waals surface area contributed by atoms with Crippen molar-refractivity contribution >= 4 is 57.0 Å². The van der Waals surface area contributed by atoms with Gasteiger partial charge in [-0.25, -0.2) is 4.39 Å². The molecular weight excluding hydrogens is 782 g/mol. The predicted molar refractivity (Wildman–Crippen MR) is 204 cm³/mol. The molecule has 4 atom stereocenters. The highest BCUT2D eigenvalue weighted by atomic mass is 127. The second-order valence-corrected chi connectivity index (χ2v) is 15.3. The first-order valence-electron chi connectivity index (χ1n) is 18.2. The van der Waals surface area contributed by atoms with Gasteiger partial charge in [0.15, 0.2) is 0 Å². The van der Waals surface area contributed by atoms with Crippen LogP contribution >= 0.6 is 22.6 Å². The van der Waals surface area contributed by atoms with E-state index >= 15 is 4.39 Å². The van der Waals surface area contributed by atoms with Crippen molar-refractivity contribution in [3.8, 4) is 0 Å². The zero-order valence-electron chi connectivity index (χ0n) is 30.2. The third kappa shape index (κ3) is 8.48. The number of halogens is 2. The second kappa shape index (κ2) is 17.4. The Bertz CT molecular complexity index is 1730. The van der Waals surface area contributed by atoms with E-state index in [1.54, 1.807) is 26.5 Å². The zero-order valence-corrected chi connectivity index (χ0v) is 32.3. The fourth-order valence-electron chi connectivity index (χ4n) is 8.60. The molecule has 0 unspecified atom stereocenters. The molecule has 11 nitrogen and oxygen atoms in total. The van der Waals surface area contributed by atoms with Crippen molar-refractivity contribution in [3.63, 3.8) is 0 Å². The van der Waals surface area contributed by atoms with Gasteiger partial charge < -0.3 is 34.1 Å². The average molecular weight is 833 g/mol. The van der Waals surface area contributed by atoms with Gasteiger partial charge in [-0.15, -0.1) is 0 Å². The van der Waals surface area contributed by atoms with Crippen molar-refractivity contribution in [2.75, 3.05) is 45.9 Å². The molecule has 3 fully saturated rings. The van der Waals surface area contributed by atoms with E-state index in [-0.39, 0.29) is 60.0 Å². The maximum absolute atomic E-state index is 15.9. The topological polar surface area (TPSA) is 123 Å². The maximum Gasteiger partial charge on any atom is 0.306 e.